The molecule has 0 aliphatic rings. The number of hydrogen-bond acceptors (Lipinski definition) is 3. The molecule has 0 aliphatic carbocycles. The van der Waals surface area contributed by atoms with Crippen molar-refractivity contribution in [2.24, 2.45) is 0 Å². The normalized spacial score (nSPS) is 10.2. The number of nitrogens with two attached hydrogens (primary N) is 1. The van der Waals surface area contributed by atoms with Gasteiger partial charge in [0, 0.05) is 17.5 Å². The first-order valence-corrected chi connectivity index (χ1v) is 6.05. The molecule has 1 heterocycles. The summed E-state index contributed by atoms with van der Waals surface area (Å²) in [4.78, 5) is 11.7. The number of halogens is 1. The second-order valence-corrected chi connectivity index (χ2v) is 4.46. The highest BCUT2D eigenvalue weighted by Crippen LogP contribution is 2.16. The topological polar surface area (TPSA) is 71.8 Å². The smallest absolute Gasteiger partial charge is 0.272 e. The summed E-state index contributed by atoms with van der Waals surface area (Å²) in [6, 6.07) is 15.2. The van der Waals surface area contributed by atoms with Crippen LogP contribution in [0.25, 0.3) is 10.8 Å². The fourth-order valence-corrected chi connectivity index (χ4v) is 2.14. The summed E-state index contributed by atoms with van der Waals surface area (Å²) in [6.07, 6.45) is 0.664. The predicted molar refractivity (Wildman–Crippen MR) is 83.3 cm³/mol. The molecular weight excluding hydrogens is 274 g/mol. The van der Waals surface area contributed by atoms with Crippen molar-refractivity contribution < 1.29 is 0 Å². The number of rotatable bonds is 2. The molecule has 0 spiro atoms. The van der Waals surface area contributed by atoms with E-state index in [1.165, 1.54) is 0 Å². The molecule has 5 heteroatoms. The van der Waals surface area contributed by atoms with Gasteiger partial charge < -0.3 is 5.73 Å². The minimum Gasteiger partial charge on any atom is -0.399 e. The number of fused-ring (bicyclic) bond motifs is 1. The number of nitrogen functional groups attached to an aromatic ring is 1. The van der Waals surface area contributed by atoms with Gasteiger partial charge in [-0.15, -0.1) is 12.4 Å². The van der Waals surface area contributed by atoms with E-state index in [0.717, 1.165) is 22.3 Å². The lowest BCUT2D eigenvalue weighted by Crippen LogP contribution is -2.11. The van der Waals surface area contributed by atoms with E-state index in [-0.39, 0.29) is 18.0 Å². The number of anilines is 1. The molecule has 0 aliphatic heterocycles. The number of H-pyrrole nitrogens is 1. The zero-order chi connectivity index (χ0) is 13.2. The van der Waals surface area contributed by atoms with Gasteiger partial charge in [0.1, 0.15) is 0 Å². The Bertz CT molecular complexity index is 781. The van der Waals surface area contributed by atoms with Crippen LogP contribution in [0.15, 0.2) is 53.3 Å². The molecule has 20 heavy (non-hydrogen) atoms. The van der Waals surface area contributed by atoms with E-state index in [2.05, 4.69) is 10.2 Å². The molecule has 0 amide bonds. The molecule has 2 aromatic carbocycles. The zero-order valence-electron chi connectivity index (χ0n) is 10.7. The van der Waals surface area contributed by atoms with Gasteiger partial charge in [0.15, 0.2) is 0 Å². The fraction of sp³-hybridized carbons (Fsp3) is 0.0667. The second kappa shape index (κ2) is 5.75. The summed E-state index contributed by atoms with van der Waals surface area (Å²) in [6.45, 7) is 0. The summed E-state index contributed by atoms with van der Waals surface area (Å²) in [5.41, 5.74) is 8.22. The molecule has 0 atom stereocenters. The molecule has 0 unspecified atom stereocenters. The molecule has 3 rings (SSSR count). The van der Waals surface area contributed by atoms with Gasteiger partial charge in [-0.1, -0.05) is 30.3 Å². The van der Waals surface area contributed by atoms with Crippen LogP contribution in [0, 0.1) is 0 Å². The first-order chi connectivity index (χ1) is 9.24. The van der Waals surface area contributed by atoms with E-state index in [9.17, 15) is 4.79 Å². The number of hydrogen-bond donors (Lipinski definition) is 2. The summed E-state index contributed by atoms with van der Waals surface area (Å²) < 4.78 is 0. The van der Waals surface area contributed by atoms with E-state index in [1.807, 2.05) is 48.5 Å². The molecule has 0 radical (unpaired) electrons. The van der Waals surface area contributed by atoms with Crippen LogP contribution in [0.2, 0.25) is 0 Å². The van der Waals surface area contributed by atoms with Gasteiger partial charge in [0.05, 0.1) is 11.1 Å². The molecule has 0 saturated heterocycles. The molecule has 0 bridgehead atoms. The molecule has 0 saturated carbocycles. The van der Waals surface area contributed by atoms with Crippen LogP contribution >= 0.6 is 12.4 Å². The SMILES string of the molecule is Cl.Nc1ccc(Cc2n[nH]c(=O)c3ccccc23)cc1. The third-order valence-corrected chi connectivity index (χ3v) is 3.13. The number of benzene rings is 2. The minimum atomic E-state index is -0.156. The van der Waals surface area contributed by atoms with E-state index in [4.69, 9.17) is 5.73 Å². The van der Waals surface area contributed by atoms with Gasteiger partial charge in [-0.05, 0) is 23.8 Å². The van der Waals surface area contributed by atoms with Crippen LogP contribution in [-0.4, -0.2) is 10.2 Å². The van der Waals surface area contributed by atoms with Crippen LogP contribution < -0.4 is 11.3 Å². The lowest BCUT2D eigenvalue weighted by Gasteiger charge is -2.05. The molecule has 1 aromatic heterocycles. The van der Waals surface area contributed by atoms with Crippen molar-refractivity contribution in [3.8, 4) is 0 Å². The predicted octanol–water partition coefficient (Wildman–Crippen LogP) is 2.52. The Kier molecular flexibility index (Phi) is 4.05. The quantitative estimate of drug-likeness (QED) is 0.712. The van der Waals surface area contributed by atoms with Crippen molar-refractivity contribution >= 4 is 28.9 Å². The number of nitrogens with one attached hydrogen (secondary N) is 1. The standard InChI is InChI=1S/C15H13N3O.ClH/c16-11-7-5-10(6-8-11)9-14-12-3-1-2-4-13(12)15(19)18-17-14;/h1-8H,9,16H2,(H,18,19);1H. The van der Waals surface area contributed by atoms with Gasteiger partial charge in [-0.25, -0.2) is 5.10 Å². The monoisotopic (exact) mass is 287 g/mol. The Morgan fingerprint density at radius 1 is 1.00 bits per heavy atom. The molecular formula is C15H14ClN3O. The maximum absolute atomic E-state index is 11.7. The third kappa shape index (κ3) is 2.65. The van der Waals surface area contributed by atoms with Crippen LogP contribution in [0.5, 0.6) is 0 Å². The van der Waals surface area contributed by atoms with Crippen LogP contribution in [-0.2, 0) is 6.42 Å². The Labute approximate surface area is 122 Å². The summed E-state index contributed by atoms with van der Waals surface area (Å²) in [5, 5.41) is 8.26. The maximum atomic E-state index is 11.7. The zero-order valence-corrected chi connectivity index (χ0v) is 11.5. The first kappa shape index (κ1) is 14.1. The van der Waals surface area contributed by atoms with Gasteiger partial charge in [0.2, 0.25) is 0 Å². The highest BCUT2D eigenvalue weighted by atomic mass is 35.5. The Hall–Kier alpha value is -2.33. The van der Waals surface area contributed by atoms with Crippen LogP contribution in [0.4, 0.5) is 5.69 Å². The Morgan fingerprint density at radius 2 is 1.65 bits per heavy atom. The van der Waals surface area contributed by atoms with E-state index < -0.39 is 0 Å². The number of aromatic nitrogens is 2. The average Bonchev–Trinajstić information content (AvgIpc) is 2.45. The highest BCUT2D eigenvalue weighted by Gasteiger charge is 2.06. The van der Waals surface area contributed by atoms with Crippen molar-refractivity contribution in [3.05, 3.63) is 70.1 Å². The van der Waals surface area contributed by atoms with Crippen molar-refractivity contribution in [1.82, 2.24) is 10.2 Å². The van der Waals surface area contributed by atoms with Crippen LogP contribution in [0.3, 0.4) is 0 Å². The van der Waals surface area contributed by atoms with Crippen molar-refractivity contribution in [2.45, 2.75) is 6.42 Å². The summed E-state index contributed by atoms with van der Waals surface area (Å²) in [5.74, 6) is 0. The molecule has 3 N–H and O–H groups in total. The number of aromatic amines is 1. The molecule has 3 aromatic rings. The second-order valence-electron chi connectivity index (χ2n) is 4.46. The highest BCUT2D eigenvalue weighted by molar-refractivity contribution is 5.85. The molecule has 0 fully saturated rings. The lowest BCUT2D eigenvalue weighted by atomic mass is 10.0. The van der Waals surface area contributed by atoms with Crippen molar-refractivity contribution in [1.29, 1.82) is 0 Å². The van der Waals surface area contributed by atoms with Crippen molar-refractivity contribution in [3.63, 3.8) is 0 Å². The van der Waals surface area contributed by atoms with Gasteiger partial charge in [-0.2, -0.15) is 5.10 Å². The summed E-state index contributed by atoms with van der Waals surface area (Å²) in [7, 11) is 0. The molecule has 4 nitrogen and oxygen atoms in total. The van der Waals surface area contributed by atoms with Gasteiger partial charge in [0.25, 0.3) is 5.56 Å². The Balaban J connectivity index is 0.00000147. The average molecular weight is 288 g/mol. The summed E-state index contributed by atoms with van der Waals surface area (Å²) >= 11 is 0. The first-order valence-electron chi connectivity index (χ1n) is 6.05. The minimum absolute atomic E-state index is 0. The van der Waals surface area contributed by atoms with Gasteiger partial charge >= 0.3 is 0 Å². The number of nitrogens with zero attached hydrogens (tertiary/aromatic N) is 1. The largest absolute Gasteiger partial charge is 0.399 e. The fourth-order valence-electron chi connectivity index (χ4n) is 2.14. The third-order valence-electron chi connectivity index (χ3n) is 3.13. The van der Waals surface area contributed by atoms with Gasteiger partial charge in [-0.3, -0.25) is 4.79 Å². The van der Waals surface area contributed by atoms with Crippen LogP contribution in [0.1, 0.15) is 11.3 Å². The Morgan fingerprint density at radius 3 is 2.35 bits per heavy atom. The van der Waals surface area contributed by atoms with E-state index in [0.29, 0.717) is 11.8 Å². The molecule has 102 valence electrons. The van der Waals surface area contributed by atoms with Crippen molar-refractivity contribution in [2.75, 3.05) is 5.73 Å². The van der Waals surface area contributed by atoms with E-state index in [1.54, 1.807) is 0 Å². The van der Waals surface area contributed by atoms with E-state index >= 15 is 0 Å². The lowest BCUT2D eigenvalue weighted by molar-refractivity contribution is 0.934. The maximum Gasteiger partial charge on any atom is 0.272 e.